The molecule has 0 aromatic carbocycles. The molecule has 32 heteroatoms. The van der Waals surface area contributed by atoms with Crippen molar-refractivity contribution in [3.63, 3.8) is 0 Å². The molecule has 0 saturated carbocycles. The van der Waals surface area contributed by atoms with Gasteiger partial charge in [-0.1, -0.05) is 0 Å². The maximum absolute atomic E-state index is 12.3. The summed E-state index contributed by atoms with van der Waals surface area (Å²) in [7, 11) is 0. The van der Waals surface area contributed by atoms with Crippen molar-refractivity contribution in [2.45, 2.75) is 205 Å². The fourth-order valence-electron chi connectivity index (χ4n) is 9.15. The van der Waals surface area contributed by atoms with Gasteiger partial charge in [-0.2, -0.15) is 0 Å². The Bertz CT molecular complexity index is 1730. The molecular formula is C40H68N2O30. The molecule has 0 aromatic rings. The van der Waals surface area contributed by atoms with Gasteiger partial charge in [0.2, 0.25) is 11.8 Å². The molecule has 72 heavy (non-hydrogen) atoms. The molecule has 0 unspecified atom stereocenters. The van der Waals surface area contributed by atoms with Crippen LogP contribution >= 0.6 is 0 Å². The van der Waals surface area contributed by atoms with E-state index >= 15 is 0 Å². The van der Waals surface area contributed by atoms with Crippen molar-refractivity contribution in [3.05, 3.63) is 0 Å². The molecule has 6 fully saturated rings. The highest BCUT2D eigenvalue weighted by Crippen LogP contribution is 2.36. The van der Waals surface area contributed by atoms with Gasteiger partial charge < -0.3 is 150 Å². The molecule has 0 bridgehead atoms. The number of amides is 2. The Morgan fingerprint density at radius 3 is 1.40 bits per heavy atom. The zero-order valence-electron chi connectivity index (χ0n) is 38.8. The number of rotatable bonds is 17. The Morgan fingerprint density at radius 1 is 0.389 bits per heavy atom. The highest BCUT2D eigenvalue weighted by Gasteiger charge is 2.57. The van der Waals surface area contributed by atoms with Crippen molar-refractivity contribution < 1.29 is 149 Å². The van der Waals surface area contributed by atoms with E-state index < -0.39 is 229 Å². The molecule has 6 aliphatic rings. The average Bonchev–Trinajstić information content (AvgIpc) is 3.34. The number of carbonyl (C=O) groups excluding carboxylic acids is 2. The third-order valence-corrected chi connectivity index (χ3v) is 13.2. The van der Waals surface area contributed by atoms with Crippen molar-refractivity contribution in [3.8, 4) is 0 Å². The van der Waals surface area contributed by atoms with Gasteiger partial charge in [-0.3, -0.25) is 9.59 Å². The van der Waals surface area contributed by atoms with E-state index in [1.165, 1.54) is 6.92 Å². The molecule has 6 rings (SSSR count). The fraction of sp³-hybridized carbons (Fsp3) is 0.950. The summed E-state index contributed by atoms with van der Waals surface area (Å²) in [5.41, 5.74) is 0. The summed E-state index contributed by atoms with van der Waals surface area (Å²) in [5.74, 6) is -1.41. The normalized spacial score (nSPS) is 50.3. The lowest BCUT2D eigenvalue weighted by molar-refractivity contribution is -0.398. The standard InChI is InChI=1S/C40H68N2O30/c1-9-19(49)25(55)28(58)37(63-9)72-34-26(56)20(50)12(4-43)66-40(34)71-33-22(52)13(5-44)65-39(30(33)60)70-32-15(7-46)68-38(29(59)27(32)57)69-31-14(6-45)67-36(18(24(31)54)42-11(3)48)62-8-16-21(51)23(53)17(35(61)64-16)41-10(2)47/h9,12-40,43-46,49-61H,4-8H2,1-3H3,(H,41,47)(H,42,48)/t9-,12+,13+,14+,15+,16+,17+,18+,19+,20-,21-,22-,23+,24+,25+,26-,27+,28-,29+,30+,31+,32-,33-,34+,35-,36+,37-,38-,39+,40+/m0/s1. The number of aliphatic hydroxyl groups excluding tert-OH is 17. The van der Waals surface area contributed by atoms with Gasteiger partial charge in [0.05, 0.1) is 39.1 Å². The van der Waals surface area contributed by atoms with Gasteiger partial charge in [0.15, 0.2) is 37.7 Å². The van der Waals surface area contributed by atoms with Crippen LogP contribution < -0.4 is 10.6 Å². The van der Waals surface area contributed by atoms with Crippen molar-refractivity contribution in [2.24, 2.45) is 0 Å². The minimum atomic E-state index is -2.20. The van der Waals surface area contributed by atoms with E-state index in [1.807, 2.05) is 0 Å². The average molecular weight is 1060 g/mol. The van der Waals surface area contributed by atoms with E-state index in [9.17, 15) is 96.4 Å². The van der Waals surface area contributed by atoms with E-state index in [0.717, 1.165) is 13.8 Å². The van der Waals surface area contributed by atoms with Gasteiger partial charge in [-0.25, -0.2) is 0 Å². The first-order valence-electron chi connectivity index (χ1n) is 23.0. The lowest BCUT2D eigenvalue weighted by Gasteiger charge is -2.50. The molecule has 0 radical (unpaired) electrons. The van der Waals surface area contributed by atoms with Crippen molar-refractivity contribution in [2.75, 3.05) is 33.0 Å². The van der Waals surface area contributed by atoms with Crippen LogP contribution in [0, 0.1) is 0 Å². The maximum Gasteiger partial charge on any atom is 0.217 e. The quantitative estimate of drug-likeness (QED) is 0.0643. The zero-order chi connectivity index (χ0) is 53.2. The molecule has 0 aromatic heterocycles. The maximum atomic E-state index is 12.3. The Balaban J connectivity index is 1.14. The van der Waals surface area contributed by atoms with Gasteiger partial charge in [0, 0.05) is 13.8 Å². The first kappa shape index (κ1) is 59.1. The number of aliphatic hydroxyl groups is 17. The fourth-order valence-corrected chi connectivity index (χ4v) is 9.15. The molecule has 6 heterocycles. The van der Waals surface area contributed by atoms with E-state index in [0.29, 0.717) is 0 Å². The minimum absolute atomic E-state index is 0.651. The summed E-state index contributed by atoms with van der Waals surface area (Å²) >= 11 is 0. The number of hydrogen-bond acceptors (Lipinski definition) is 30. The molecule has 6 aliphatic heterocycles. The van der Waals surface area contributed by atoms with Gasteiger partial charge in [0.25, 0.3) is 0 Å². The highest BCUT2D eigenvalue weighted by molar-refractivity contribution is 5.73. The smallest absolute Gasteiger partial charge is 0.217 e. The monoisotopic (exact) mass is 1060 g/mol. The predicted molar refractivity (Wildman–Crippen MR) is 221 cm³/mol. The summed E-state index contributed by atoms with van der Waals surface area (Å²) in [6.45, 7) is -1.13. The molecule has 0 spiro atoms. The Labute approximate surface area is 408 Å². The van der Waals surface area contributed by atoms with Gasteiger partial charge >= 0.3 is 0 Å². The lowest BCUT2D eigenvalue weighted by Crippen LogP contribution is -2.69. The van der Waals surface area contributed by atoms with Crippen LogP contribution in [0.2, 0.25) is 0 Å². The molecule has 30 atom stereocenters. The Morgan fingerprint density at radius 2 is 0.819 bits per heavy atom. The number of ether oxygens (including phenoxy) is 11. The van der Waals surface area contributed by atoms with Crippen molar-refractivity contribution >= 4 is 11.8 Å². The largest absolute Gasteiger partial charge is 0.394 e. The second-order valence-electron chi connectivity index (χ2n) is 18.3. The third kappa shape index (κ3) is 12.6. The topological polar surface area (TPSA) is 504 Å². The minimum Gasteiger partial charge on any atom is -0.394 e. The van der Waals surface area contributed by atoms with Gasteiger partial charge in [-0.15, -0.1) is 0 Å². The molecule has 2 amide bonds. The third-order valence-electron chi connectivity index (χ3n) is 13.2. The van der Waals surface area contributed by atoms with E-state index in [-0.39, 0.29) is 0 Å². The lowest BCUT2D eigenvalue weighted by atomic mass is 9.94. The van der Waals surface area contributed by atoms with Crippen molar-refractivity contribution in [1.29, 1.82) is 0 Å². The molecule has 0 aliphatic carbocycles. The van der Waals surface area contributed by atoms with Crippen LogP contribution in [-0.4, -0.2) is 316 Å². The first-order valence-corrected chi connectivity index (χ1v) is 23.0. The SMILES string of the molecule is CC(=O)N[C@@H]1[C@@H](O)[C@@H](O)[C@@H](CO[C@@H]2O[C@H](CO)[C@@H](O[C@@H]3O[C@H](CO)[C@H](O[C@H]4O[C@H](CO)[C@H](O)[C@H](O[C@H]5O[C@H](CO)[C@H](O)[C@H](O)[C@H]5O[C@@H]5O[C@@H](C)[C@@H](O)[C@@H](O)[C@@H]5O)[C@H]4O)[C@H](O)[C@H]3O)[C@H](O)[C@H]2NC(C)=O)O[C@@H]1O. The molecule has 19 N–H and O–H groups in total. The second kappa shape index (κ2) is 25.3. The Hall–Kier alpha value is -2.18. The van der Waals surface area contributed by atoms with Gasteiger partial charge in [0.1, 0.15) is 140 Å². The number of hydrogen-bond donors (Lipinski definition) is 19. The molecular weight excluding hydrogens is 988 g/mol. The summed E-state index contributed by atoms with van der Waals surface area (Å²) in [4.78, 5) is 23.8. The van der Waals surface area contributed by atoms with E-state index in [4.69, 9.17) is 52.1 Å². The van der Waals surface area contributed by atoms with Crippen LogP contribution in [0.5, 0.6) is 0 Å². The molecule has 418 valence electrons. The van der Waals surface area contributed by atoms with Crippen molar-refractivity contribution in [1.82, 2.24) is 10.6 Å². The predicted octanol–water partition coefficient (Wildman–Crippen LogP) is -12.8. The summed E-state index contributed by atoms with van der Waals surface area (Å²) in [6, 6.07) is -3.00. The van der Waals surface area contributed by atoms with Crippen LogP contribution in [0.15, 0.2) is 0 Å². The van der Waals surface area contributed by atoms with Crippen LogP contribution in [-0.2, 0) is 61.7 Å². The number of carbonyl (C=O) groups is 2. The summed E-state index contributed by atoms with van der Waals surface area (Å²) in [6.07, 6.45) is -51.4. The summed E-state index contributed by atoms with van der Waals surface area (Å²) in [5, 5.41) is 187. The van der Waals surface area contributed by atoms with Crippen LogP contribution in [0.3, 0.4) is 0 Å². The van der Waals surface area contributed by atoms with E-state index in [2.05, 4.69) is 10.6 Å². The van der Waals surface area contributed by atoms with E-state index in [1.54, 1.807) is 0 Å². The van der Waals surface area contributed by atoms with Crippen LogP contribution in [0.25, 0.3) is 0 Å². The second-order valence-corrected chi connectivity index (χ2v) is 18.3. The zero-order valence-corrected chi connectivity index (χ0v) is 38.8. The van der Waals surface area contributed by atoms with Gasteiger partial charge in [-0.05, 0) is 6.92 Å². The highest BCUT2D eigenvalue weighted by atomic mass is 16.8. The van der Waals surface area contributed by atoms with Crippen LogP contribution in [0.4, 0.5) is 0 Å². The number of nitrogens with one attached hydrogen (secondary N) is 2. The van der Waals surface area contributed by atoms with Crippen LogP contribution in [0.1, 0.15) is 20.8 Å². The summed E-state index contributed by atoms with van der Waals surface area (Å²) < 4.78 is 62.4. The molecule has 32 nitrogen and oxygen atoms in total. The molecule has 6 saturated heterocycles. The Kier molecular flexibility index (Phi) is 20.8. The first-order chi connectivity index (χ1) is 34.0.